The highest BCUT2D eigenvalue weighted by atomic mass is 32.2. The van der Waals surface area contributed by atoms with Crippen molar-refractivity contribution < 1.29 is 4.79 Å². The molecule has 0 spiro atoms. The summed E-state index contributed by atoms with van der Waals surface area (Å²) >= 11 is 1.35. The lowest BCUT2D eigenvalue weighted by Crippen LogP contribution is -2.15. The van der Waals surface area contributed by atoms with Crippen LogP contribution in [0.4, 0.5) is 5.95 Å². The van der Waals surface area contributed by atoms with Gasteiger partial charge in [0.25, 0.3) is 0 Å². The van der Waals surface area contributed by atoms with E-state index in [0.29, 0.717) is 5.95 Å². The monoisotopic (exact) mass is 299 g/mol. The third kappa shape index (κ3) is 3.38. The molecule has 3 aromatic rings. The number of thioether (sulfide) groups is 1. The summed E-state index contributed by atoms with van der Waals surface area (Å²) in [7, 11) is 0. The average Bonchev–Trinajstić information content (AvgIpc) is 2.88. The Morgan fingerprint density at radius 2 is 2.14 bits per heavy atom. The van der Waals surface area contributed by atoms with Gasteiger partial charge >= 0.3 is 0 Å². The number of hydrogen-bond acceptors (Lipinski definition) is 5. The van der Waals surface area contributed by atoms with Crippen molar-refractivity contribution in [1.82, 2.24) is 19.9 Å². The van der Waals surface area contributed by atoms with E-state index in [2.05, 4.69) is 25.3 Å². The molecule has 3 rings (SSSR count). The van der Waals surface area contributed by atoms with Gasteiger partial charge in [0, 0.05) is 12.4 Å². The number of H-pyrrole nitrogens is 1. The summed E-state index contributed by atoms with van der Waals surface area (Å²) in [5.74, 6) is 0.392. The summed E-state index contributed by atoms with van der Waals surface area (Å²) in [5, 5.41) is 3.35. The van der Waals surface area contributed by atoms with Crippen molar-refractivity contribution in [2.45, 2.75) is 12.1 Å². The summed E-state index contributed by atoms with van der Waals surface area (Å²) in [5.41, 5.74) is 3.04. The Hall–Kier alpha value is -2.41. The number of hydrogen-bond donors (Lipinski definition) is 2. The molecule has 0 bridgehead atoms. The highest BCUT2D eigenvalue weighted by Crippen LogP contribution is 2.20. The minimum absolute atomic E-state index is 0.164. The summed E-state index contributed by atoms with van der Waals surface area (Å²) in [4.78, 5) is 27.3. The van der Waals surface area contributed by atoms with Crippen molar-refractivity contribution in [3.05, 3.63) is 42.2 Å². The number of carbonyl (C=O) groups is 1. The molecule has 6 nitrogen and oxygen atoms in total. The SMILES string of the molecule is Cc1ccc2nc(SCC(=O)Nc3ncccn3)[nH]c2c1. The van der Waals surface area contributed by atoms with Crippen LogP contribution in [0.25, 0.3) is 11.0 Å². The van der Waals surface area contributed by atoms with E-state index in [4.69, 9.17) is 0 Å². The maximum absolute atomic E-state index is 11.8. The number of aryl methyl sites for hydroxylation is 1. The van der Waals surface area contributed by atoms with Gasteiger partial charge in [0.15, 0.2) is 5.16 Å². The number of benzene rings is 1. The number of anilines is 1. The minimum Gasteiger partial charge on any atom is -0.333 e. The first kappa shape index (κ1) is 13.6. The zero-order valence-corrected chi connectivity index (χ0v) is 12.1. The van der Waals surface area contributed by atoms with Crippen LogP contribution >= 0.6 is 11.8 Å². The Labute approximate surface area is 125 Å². The maximum Gasteiger partial charge on any atom is 0.237 e. The quantitative estimate of drug-likeness (QED) is 0.723. The van der Waals surface area contributed by atoms with E-state index in [1.54, 1.807) is 18.5 Å². The second kappa shape index (κ2) is 5.92. The predicted octanol–water partition coefficient (Wildman–Crippen LogP) is 2.39. The number of fused-ring (bicyclic) bond motifs is 1. The zero-order chi connectivity index (χ0) is 14.7. The molecule has 106 valence electrons. The fourth-order valence-electron chi connectivity index (χ4n) is 1.83. The molecule has 0 aliphatic carbocycles. The van der Waals surface area contributed by atoms with E-state index in [9.17, 15) is 4.79 Å². The minimum atomic E-state index is -0.164. The van der Waals surface area contributed by atoms with Gasteiger partial charge in [-0.2, -0.15) is 0 Å². The Balaban J connectivity index is 1.62. The first-order valence-electron chi connectivity index (χ1n) is 6.37. The molecule has 1 aromatic carbocycles. The number of nitrogens with one attached hydrogen (secondary N) is 2. The van der Waals surface area contributed by atoms with Gasteiger partial charge in [0.1, 0.15) is 0 Å². The van der Waals surface area contributed by atoms with Gasteiger partial charge in [-0.1, -0.05) is 17.8 Å². The molecule has 21 heavy (non-hydrogen) atoms. The fourth-order valence-corrected chi connectivity index (χ4v) is 2.51. The van der Waals surface area contributed by atoms with E-state index in [0.717, 1.165) is 16.2 Å². The number of aromatic amines is 1. The first-order valence-corrected chi connectivity index (χ1v) is 7.35. The van der Waals surface area contributed by atoms with E-state index in [1.807, 2.05) is 25.1 Å². The third-order valence-electron chi connectivity index (χ3n) is 2.77. The molecular formula is C14H13N5OS. The van der Waals surface area contributed by atoms with E-state index >= 15 is 0 Å². The molecule has 2 aromatic heterocycles. The highest BCUT2D eigenvalue weighted by molar-refractivity contribution is 7.99. The number of carbonyl (C=O) groups excluding carboxylic acids is 1. The van der Waals surface area contributed by atoms with Gasteiger partial charge in [-0.3, -0.25) is 10.1 Å². The van der Waals surface area contributed by atoms with Gasteiger partial charge in [0.2, 0.25) is 11.9 Å². The molecular weight excluding hydrogens is 286 g/mol. The van der Waals surface area contributed by atoms with Crippen LogP contribution in [0.3, 0.4) is 0 Å². The maximum atomic E-state index is 11.8. The summed E-state index contributed by atoms with van der Waals surface area (Å²) < 4.78 is 0. The number of amides is 1. The van der Waals surface area contributed by atoms with Crippen LogP contribution in [-0.2, 0) is 4.79 Å². The zero-order valence-electron chi connectivity index (χ0n) is 11.3. The standard InChI is InChI=1S/C14H13N5OS/c1-9-3-4-10-11(7-9)18-14(17-10)21-8-12(20)19-13-15-5-2-6-16-13/h2-7H,8H2,1H3,(H,17,18)(H,15,16,19,20). The smallest absolute Gasteiger partial charge is 0.237 e. The molecule has 1 amide bonds. The molecule has 0 atom stereocenters. The van der Waals surface area contributed by atoms with Crippen LogP contribution in [0, 0.1) is 6.92 Å². The molecule has 0 aliphatic heterocycles. The normalized spacial score (nSPS) is 10.7. The third-order valence-corrected chi connectivity index (χ3v) is 3.65. The molecule has 7 heteroatoms. The number of rotatable bonds is 4. The fraction of sp³-hybridized carbons (Fsp3) is 0.143. The predicted molar refractivity (Wildman–Crippen MR) is 82.2 cm³/mol. The molecule has 0 radical (unpaired) electrons. The number of aromatic nitrogens is 4. The van der Waals surface area contributed by atoms with Gasteiger partial charge < -0.3 is 4.98 Å². The van der Waals surface area contributed by atoms with Crippen molar-refractivity contribution in [3.63, 3.8) is 0 Å². The topological polar surface area (TPSA) is 83.6 Å². The number of nitrogens with zero attached hydrogens (tertiary/aromatic N) is 3. The van der Waals surface area contributed by atoms with E-state index in [-0.39, 0.29) is 11.7 Å². The lowest BCUT2D eigenvalue weighted by atomic mass is 10.2. The van der Waals surface area contributed by atoms with Gasteiger partial charge in [-0.05, 0) is 30.7 Å². The van der Waals surface area contributed by atoms with Crippen molar-refractivity contribution in [1.29, 1.82) is 0 Å². The molecule has 0 fully saturated rings. The molecule has 2 N–H and O–H groups in total. The van der Waals surface area contributed by atoms with Crippen molar-refractivity contribution in [2.75, 3.05) is 11.1 Å². The van der Waals surface area contributed by atoms with Gasteiger partial charge in [-0.15, -0.1) is 0 Å². The second-order valence-electron chi connectivity index (χ2n) is 4.47. The van der Waals surface area contributed by atoms with E-state index in [1.165, 1.54) is 17.3 Å². The first-order chi connectivity index (χ1) is 10.2. The summed E-state index contributed by atoms with van der Waals surface area (Å²) in [6, 6.07) is 7.70. The lowest BCUT2D eigenvalue weighted by molar-refractivity contribution is -0.113. The van der Waals surface area contributed by atoms with Crippen LogP contribution in [0.5, 0.6) is 0 Å². The Morgan fingerprint density at radius 3 is 2.95 bits per heavy atom. The largest absolute Gasteiger partial charge is 0.333 e. The van der Waals surface area contributed by atoms with Crippen LogP contribution in [-0.4, -0.2) is 31.6 Å². The summed E-state index contributed by atoms with van der Waals surface area (Å²) in [6.07, 6.45) is 3.16. The lowest BCUT2D eigenvalue weighted by Gasteiger charge is -2.01. The second-order valence-corrected chi connectivity index (χ2v) is 5.44. The molecule has 2 heterocycles. The number of imidazole rings is 1. The van der Waals surface area contributed by atoms with Crippen molar-refractivity contribution in [2.24, 2.45) is 0 Å². The summed E-state index contributed by atoms with van der Waals surface area (Å²) in [6.45, 7) is 2.03. The van der Waals surface area contributed by atoms with E-state index < -0.39 is 0 Å². The van der Waals surface area contributed by atoms with Crippen LogP contribution < -0.4 is 5.32 Å². The van der Waals surface area contributed by atoms with Gasteiger partial charge in [-0.25, -0.2) is 15.0 Å². The van der Waals surface area contributed by atoms with Gasteiger partial charge in [0.05, 0.1) is 16.8 Å². The van der Waals surface area contributed by atoms with Crippen LogP contribution in [0.2, 0.25) is 0 Å². The van der Waals surface area contributed by atoms with Crippen LogP contribution in [0.1, 0.15) is 5.56 Å². The average molecular weight is 299 g/mol. The highest BCUT2D eigenvalue weighted by Gasteiger charge is 2.08. The molecule has 0 aliphatic rings. The molecule has 0 saturated heterocycles. The Bertz CT molecular complexity index is 771. The Morgan fingerprint density at radius 1 is 1.33 bits per heavy atom. The molecule has 0 saturated carbocycles. The van der Waals surface area contributed by atoms with Crippen LogP contribution in [0.15, 0.2) is 41.8 Å². The Kier molecular flexibility index (Phi) is 3.83. The van der Waals surface area contributed by atoms with Crippen molar-refractivity contribution in [3.8, 4) is 0 Å². The van der Waals surface area contributed by atoms with Crippen molar-refractivity contribution >= 4 is 34.7 Å². The molecule has 0 unspecified atom stereocenters.